The third kappa shape index (κ3) is 2.08. The first-order valence-electron chi connectivity index (χ1n) is 4.52. The maximum absolute atomic E-state index is 5.30. The monoisotopic (exact) mass is 303 g/mol. The summed E-state index contributed by atoms with van der Waals surface area (Å²) in [5.74, 6) is 0.976. The van der Waals surface area contributed by atoms with E-state index in [0.717, 1.165) is 18.7 Å². The second-order valence-electron chi connectivity index (χ2n) is 3.39. The van der Waals surface area contributed by atoms with Gasteiger partial charge in [-0.05, 0) is 11.6 Å². The summed E-state index contributed by atoms with van der Waals surface area (Å²) in [6.45, 7) is 1.10. The zero-order chi connectivity index (χ0) is 9.26. The van der Waals surface area contributed by atoms with Gasteiger partial charge in [-0.15, -0.1) is 0 Å². The number of hydrogen-bond acceptors (Lipinski definition) is 1. The predicted molar refractivity (Wildman–Crippen MR) is 52.9 cm³/mol. The van der Waals surface area contributed by atoms with Crippen molar-refractivity contribution in [2.45, 2.75) is 6.42 Å². The summed E-state index contributed by atoms with van der Waals surface area (Å²) >= 11 is 0. The molecule has 0 bridgehead atoms. The van der Waals surface area contributed by atoms with Gasteiger partial charge in [0.05, 0.1) is 12.7 Å². The summed E-state index contributed by atoms with van der Waals surface area (Å²) < 4.78 is 7.50. The van der Waals surface area contributed by atoms with E-state index in [1.54, 1.807) is 7.11 Å². The van der Waals surface area contributed by atoms with Crippen molar-refractivity contribution in [1.29, 1.82) is 0 Å². The minimum absolute atomic E-state index is 0. The fraction of sp³-hybridized carbons (Fsp3) is 0.364. The van der Waals surface area contributed by atoms with Gasteiger partial charge in [-0.2, -0.15) is 0 Å². The van der Waals surface area contributed by atoms with Crippen LogP contribution in [0.15, 0.2) is 18.2 Å². The minimum atomic E-state index is 0. The highest BCUT2D eigenvalue weighted by Crippen LogP contribution is 2.22. The Morgan fingerprint density at radius 1 is 1.36 bits per heavy atom. The maximum Gasteiger partial charge on any atom is 0.174 e. The fourth-order valence-electron chi connectivity index (χ4n) is 1.71. The molecule has 3 heteroatoms. The number of ether oxygens (including phenoxy) is 1. The molecule has 1 heterocycles. The van der Waals surface area contributed by atoms with Crippen molar-refractivity contribution in [2.24, 2.45) is 0 Å². The lowest BCUT2D eigenvalue weighted by molar-refractivity contribution is -0.493. The van der Waals surface area contributed by atoms with Crippen LogP contribution >= 0.6 is 0 Å². The van der Waals surface area contributed by atoms with E-state index in [2.05, 4.69) is 30.0 Å². The lowest BCUT2D eigenvalue weighted by Gasteiger charge is -2.12. The molecule has 0 amide bonds. The van der Waals surface area contributed by atoms with Crippen LogP contribution in [0.5, 0.6) is 5.75 Å². The molecule has 0 radical (unpaired) electrons. The van der Waals surface area contributed by atoms with Crippen molar-refractivity contribution < 1.29 is 33.3 Å². The third-order valence-corrected chi connectivity index (χ3v) is 2.46. The van der Waals surface area contributed by atoms with Gasteiger partial charge in [-0.3, -0.25) is 0 Å². The molecule has 76 valence electrons. The zero-order valence-electron chi connectivity index (χ0n) is 8.46. The average Bonchev–Trinajstić information content (AvgIpc) is 2.17. The highest BCUT2D eigenvalue weighted by atomic mass is 127. The molecule has 1 aromatic rings. The Hall–Kier alpha value is -0.580. The molecular formula is C11H14INO. The molecule has 0 aliphatic carbocycles. The smallest absolute Gasteiger partial charge is 0.174 e. The number of hydrogen-bond donors (Lipinski definition) is 0. The molecule has 0 unspecified atom stereocenters. The first-order chi connectivity index (χ1) is 6.31. The Kier molecular flexibility index (Phi) is 3.92. The highest BCUT2D eigenvalue weighted by Gasteiger charge is 2.15. The number of rotatable bonds is 1. The van der Waals surface area contributed by atoms with E-state index in [1.165, 1.54) is 11.1 Å². The number of likely N-dealkylation sites (N-methyl/N-ethyl adjacent to an activating group) is 1. The number of nitrogens with zero attached hydrogens (tertiary/aromatic N) is 1. The molecule has 0 fully saturated rings. The Labute approximate surface area is 102 Å². The second-order valence-corrected chi connectivity index (χ2v) is 3.39. The average molecular weight is 303 g/mol. The standard InChI is InChI=1S/C11H14NO.HI/c1-12-7-6-9-4-3-5-11(13-2)10(9)8-12;/h3-5,8H,6-7H2,1-2H3;1H/q+1;/p-1. The van der Waals surface area contributed by atoms with Gasteiger partial charge in [-0.25, -0.2) is 4.58 Å². The molecule has 0 atom stereocenters. The SMILES string of the molecule is COc1cccc2c1C=[N+](C)CC2.[I-]. The molecule has 0 spiro atoms. The molecule has 14 heavy (non-hydrogen) atoms. The molecule has 2 rings (SSSR count). The van der Waals surface area contributed by atoms with Gasteiger partial charge in [-0.1, -0.05) is 12.1 Å². The van der Waals surface area contributed by atoms with Crippen molar-refractivity contribution in [3.8, 4) is 5.75 Å². The Balaban J connectivity index is 0.000000980. The van der Waals surface area contributed by atoms with Crippen molar-refractivity contribution in [3.63, 3.8) is 0 Å². The summed E-state index contributed by atoms with van der Waals surface area (Å²) in [5, 5.41) is 0. The van der Waals surface area contributed by atoms with Crippen LogP contribution < -0.4 is 28.7 Å². The van der Waals surface area contributed by atoms with E-state index < -0.39 is 0 Å². The van der Waals surface area contributed by atoms with E-state index in [4.69, 9.17) is 4.74 Å². The molecule has 0 N–H and O–H groups in total. The highest BCUT2D eigenvalue weighted by molar-refractivity contribution is 5.83. The summed E-state index contributed by atoms with van der Waals surface area (Å²) in [5.41, 5.74) is 2.62. The first kappa shape index (κ1) is 11.5. The van der Waals surface area contributed by atoms with E-state index >= 15 is 0 Å². The number of methoxy groups -OCH3 is 1. The lowest BCUT2D eigenvalue weighted by atomic mass is 10.0. The predicted octanol–water partition coefficient (Wildman–Crippen LogP) is -1.68. The molecule has 0 saturated heterocycles. The van der Waals surface area contributed by atoms with Crippen LogP contribution in [-0.4, -0.2) is 31.5 Å². The number of fused-ring (bicyclic) bond motifs is 1. The van der Waals surface area contributed by atoms with Gasteiger partial charge < -0.3 is 28.7 Å². The normalized spacial score (nSPS) is 13.7. The molecule has 0 aromatic heterocycles. The van der Waals surface area contributed by atoms with Crippen LogP contribution in [0, 0.1) is 0 Å². The molecule has 1 aliphatic heterocycles. The van der Waals surface area contributed by atoms with Gasteiger partial charge in [0, 0.05) is 6.42 Å². The number of benzene rings is 1. The molecule has 2 nitrogen and oxygen atoms in total. The summed E-state index contributed by atoms with van der Waals surface area (Å²) in [6.07, 6.45) is 3.26. The fourth-order valence-corrected chi connectivity index (χ4v) is 1.71. The van der Waals surface area contributed by atoms with Gasteiger partial charge >= 0.3 is 0 Å². The lowest BCUT2D eigenvalue weighted by Crippen LogP contribution is -3.00. The zero-order valence-corrected chi connectivity index (χ0v) is 10.6. The van der Waals surface area contributed by atoms with Crippen molar-refractivity contribution in [3.05, 3.63) is 29.3 Å². The summed E-state index contributed by atoms with van der Waals surface area (Å²) in [7, 11) is 3.81. The number of halogens is 1. The van der Waals surface area contributed by atoms with Gasteiger partial charge in [0.1, 0.15) is 19.3 Å². The van der Waals surface area contributed by atoms with Crippen molar-refractivity contribution in [1.82, 2.24) is 0 Å². The van der Waals surface area contributed by atoms with Crippen LogP contribution in [0.4, 0.5) is 0 Å². The minimum Gasteiger partial charge on any atom is -1.00 e. The molecule has 0 saturated carbocycles. The molecule has 1 aromatic carbocycles. The van der Waals surface area contributed by atoms with Crippen LogP contribution in [-0.2, 0) is 6.42 Å². The topological polar surface area (TPSA) is 12.2 Å². The van der Waals surface area contributed by atoms with E-state index in [1.807, 2.05) is 6.07 Å². The Bertz CT molecular complexity index is 360. The van der Waals surface area contributed by atoms with Crippen molar-refractivity contribution in [2.75, 3.05) is 20.7 Å². The van der Waals surface area contributed by atoms with Crippen LogP contribution in [0.3, 0.4) is 0 Å². The maximum atomic E-state index is 5.30. The van der Waals surface area contributed by atoms with E-state index in [9.17, 15) is 0 Å². The van der Waals surface area contributed by atoms with Crippen molar-refractivity contribution >= 4 is 6.21 Å². The van der Waals surface area contributed by atoms with E-state index in [0.29, 0.717) is 0 Å². The molecule has 1 aliphatic rings. The third-order valence-electron chi connectivity index (χ3n) is 2.46. The van der Waals surface area contributed by atoms with Crippen LogP contribution in [0.25, 0.3) is 0 Å². The van der Waals surface area contributed by atoms with Crippen LogP contribution in [0.2, 0.25) is 0 Å². The quantitative estimate of drug-likeness (QED) is 0.446. The summed E-state index contributed by atoms with van der Waals surface area (Å²) in [4.78, 5) is 0. The summed E-state index contributed by atoms with van der Waals surface area (Å²) in [6, 6.07) is 6.23. The largest absolute Gasteiger partial charge is 1.00 e. The Morgan fingerprint density at radius 2 is 2.14 bits per heavy atom. The van der Waals surface area contributed by atoms with Crippen LogP contribution in [0.1, 0.15) is 11.1 Å². The van der Waals surface area contributed by atoms with E-state index in [-0.39, 0.29) is 24.0 Å². The van der Waals surface area contributed by atoms with Gasteiger partial charge in [0.25, 0.3) is 0 Å². The van der Waals surface area contributed by atoms with Gasteiger partial charge in [0.2, 0.25) is 0 Å². The first-order valence-corrected chi connectivity index (χ1v) is 4.52. The second kappa shape index (κ2) is 4.77. The molecular weight excluding hydrogens is 289 g/mol. The van der Waals surface area contributed by atoms with Gasteiger partial charge in [0.15, 0.2) is 6.21 Å². The Morgan fingerprint density at radius 3 is 2.86 bits per heavy atom.